The van der Waals surface area contributed by atoms with Gasteiger partial charge in [0.05, 0.1) is 25.3 Å². The fourth-order valence-electron chi connectivity index (χ4n) is 5.16. The van der Waals surface area contributed by atoms with Gasteiger partial charge in [0.25, 0.3) is 0 Å². The molecule has 4 N–H and O–H groups in total. The summed E-state index contributed by atoms with van der Waals surface area (Å²) in [6.07, 6.45) is 3.95. The zero-order valence-electron chi connectivity index (χ0n) is 20.6. The molecular weight excluding hydrogens is 472 g/mol. The van der Waals surface area contributed by atoms with E-state index >= 15 is 0 Å². The molecule has 3 rings (SSSR count). The zero-order valence-corrected chi connectivity index (χ0v) is 21.4. The van der Waals surface area contributed by atoms with Crippen LogP contribution in [-0.4, -0.2) is 93.4 Å². The number of hydrogen-bond acceptors (Lipinski definition) is 7. The van der Waals surface area contributed by atoms with Gasteiger partial charge < -0.3 is 20.5 Å². The number of carboxylic acid groups (broad SMARTS) is 1. The first-order valence-electron chi connectivity index (χ1n) is 12.3. The van der Waals surface area contributed by atoms with Gasteiger partial charge in [-0.05, 0) is 30.0 Å². The lowest BCUT2D eigenvalue weighted by molar-refractivity contribution is -0.143. The first-order valence-corrected chi connectivity index (χ1v) is 14.2. The number of carboxylic acids is 1. The molecule has 1 aromatic rings. The van der Waals surface area contributed by atoms with Gasteiger partial charge in [-0.3, -0.25) is 14.5 Å². The lowest BCUT2D eigenvalue weighted by Crippen LogP contribution is -2.46. The molecule has 0 spiro atoms. The summed E-state index contributed by atoms with van der Waals surface area (Å²) in [6.45, 7) is 4.65. The summed E-state index contributed by atoms with van der Waals surface area (Å²) in [6, 6.07) is 5.32. The van der Waals surface area contributed by atoms with Crippen molar-refractivity contribution in [3.63, 3.8) is 0 Å². The number of carbonyl (C=O) groups excluding carboxylic acids is 1. The average Bonchev–Trinajstić information content (AvgIpc) is 3.40. The van der Waals surface area contributed by atoms with E-state index in [0.717, 1.165) is 42.4 Å². The average molecular weight is 511 g/mol. The number of fused-ring (bicyclic) bond motifs is 1. The first-order chi connectivity index (χ1) is 16.6. The van der Waals surface area contributed by atoms with Crippen LogP contribution in [0.3, 0.4) is 0 Å². The van der Waals surface area contributed by atoms with Crippen LogP contribution in [0, 0.1) is 5.92 Å². The number of nitrogens with one attached hydrogen (secondary N) is 1. The van der Waals surface area contributed by atoms with Crippen molar-refractivity contribution in [2.45, 2.75) is 44.6 Å². The number of benzene rings is 1. The van der Waals surface area contributed by atoms with E-state index in [1.54, 1.807) is 4.90 Å². The SMILES string of the molecule is CCCCN(CCN)C(=O)CN1C[C@H](c2ccc3c(c2)CCO3)C(C(=O)O)[C@@H]1CCNS(C)(=O)=O. The number of likely N-dealkylation sites (tertiary alicyclic amines) is 1. The molecule has 196 valence electrons. The number of rotatable bonds is 13. The molecule has 1 fully saturated rings. The van der Waals surface area contributed by atoms with E-state index in [2.05, 4.69) is 11.6 Å². The molecule has 1 unspecified atom stereocenters. The van der Waals surface area contributed by atoms with Gasteiger partial charge in [0, 0.05) is 51.1 Å². The molecular formula is C24H38N4O6S. The second-order valence-corrected chi connectivity index (χ2v) is 11.2. The predicted molar refractivity (Wildman–Crippen MR) is 133 cm³/mol. The summed E-state index contributed by atoms with van der Waals surface area (Å²) in [5.41, 5.74) is 7.69. The Bertz CT molecular complexity index is 1000. The topological polar surface area (TPSA) is 142 Å². The Hall–Kier alpha value is -2.21. The summed E-state index contributed by atoms with van der Waals surface area (Å²) >= 11 is 0. The van der Waals surface area contributed by atoms with E-state index in [0.29, 0.717) is 32.8 Å². The van der Waals surface area contributed by atoms with Crippen molar-refractivity contribution in [2.24, 2.45) is 11.7 Å². The second-order valence-electron chi connectivity index (χ2n) is 9.41. The Balaban J connectivity index is 1.86. The van der Waals surface area contributed by atoms with Crippen LogP contribution in [0.1, 0.15) is 43.2 Å². The van der Waals surface area contributed by atoms with Crippen LogP contribution in [-0.2, 0) is 26.0 Å². The summed E-state index contributed by atoms with van der Waals surface area (Å²) in [5.74, 6) is -1.31. The predicted octanol–water partition coefficient (Wildman–Crippen LogP) is 0.617. The molecule has 10 nitrogen and oxygen atoms in total. The number of ether oxygens (including phenoxy) is 1. The molecule has 0 aromatic heterocycles. The molecule has 0 aliphatic carbocycles. The molecule has 1 aromatic carbocycles. The summed E-state index contributed by atoms with van der Waals surface area (Å²) in [4.78, 5) is 29.3. The van der Waals surface area contributed by atoms with Crippen LogP contribution in [0.15, 0.2) is 18.2 Å². The number of sulfonamides is 1. The maximum absolute atomic E-state index is 13.2. The van der Waals surface area contributed by atoms with Gasteiger partial charge in [-0.1, -0.05) is 25.5 Å². The summed E-state index contributed by atoms with van der Waals surface area (Å²) in [7, 11) is -3.42. The van der Waals surface area contributed by atoms with E-state index in [1.165, 1.54) is 0 Å². The Morgan fingerprint density at radius 3 is 2.74 bits per heavy atom. The molecule has 0 bridgehead atoms. The van der Waals surface area contributed by atoms with Gasteiger partial charge in [0.2, 0.25) is 15.9 Å². The summed E-state index contributed by atoms with van der Waals surface area (Å²) < 4.78 is 31.3. The third-order valence-electron chi connectivity index (χ3n) is 6.85. The highest BCUT2D eigenvalue weighted by atomic mass is 32.2. The smallest absolute Gasteiger partial charge is 0.308 e. The third-order valence-corrected chi connectivity index (χ3v) is 7.58. The standard InChI is InChI=1S/C24H38N4O6S/c1-3-4-11-27(12-9-25)22(29)16-28-15-19(17-5-6-21-18(14-17)8-13-34-21)23(24(30)31)20(28)7-10-26-35(2,32)33/h5-6,14,19-20,23,26H,3-4,7-13,15-16,25H2,1-2H3,(H,30,31)/t19-,20+,23?/m1/s1. The second kappa shape index (κ2) is 12.2. The van der Waals surface area contributed by atoms with E-state index < -0.39 is 28.0 Å². The minimum Gasteiger partial charge on any atom is -0.493 e. The fourth-order valence-corrected chi connectivity index (χ4v) is 5.65. The maximum atomic E-state index is 13.2. The van der Waals surface area contributed by atoms with Crippen LogP contribution in [0.25, 0.3) is 0 Å². The number of carbonyl (C=O) groups is 2. The minimum atomic E-state index is -3.42. The monoisotopic (exact) mass is 510 g/mol. The largest absolute Gasteiger partial charge is 0.493 e. The van der Waals surface area contributed by atoms with Gasteiger partial charge in [0.15, 0.2) is 0 Å². The number of nitrogens with zero attached hydrogens (tertiary/aromatic N) is 2. The Kier molecular flexibility index (Phi) is 9.51. The van der Waals surface area contributed by atoms with Crippen molar-refractivity contribution in [3.8, 4) is 5.75 Å². The van der Waals surface area contributed by atoms with Crippen LogP contribution in [0.5, 0.6) is 5.75 Å². The molecule has 0 saturated carbocycles. The number of hydrogen-bond donors (Lipinski definition) is 3. The van der Waals surface area contributed by atoms with Crippen molar-refractivity contribution < 1.29 is 27.9 Å². The Labute approximate surface area is 207 Å². The van der Waals surface area contributed by atoms with E-state index in [1.807, 2.05) is 23.1 Å². The number of nitrogens with two attached hydrogens (primary N) is 1. The van der Waals surface area contributed by atoms with E-state index in [9.17, 15) is 23.1 Å². The zero-order chi connectivity index (χ0) is 25.6. The molecule has 1 saturated heterocycles. The van der Waals surface area contributed by atoms with Crippen molar-refractivity contribution in [2.75, 3.05) is 52.1 Å². The lowest BCUT2D eigenvalue weighted by Gasteiger charge is -2.29. The molecule has 1 amide bonds. The highest BCUT2D eigenvalue weighted by Gasteiger charge is 2.47. The first kappa shape index (κ1) is 27.4. The van der Waals surface area contributed by atoms with Crippen LogP contribution >= 0.6 is 0 Å². The van der Waals surface area contributed by atoms with Crippen molar-refractivity contribution in [1.29, 1.82) is 0 Å². The van der Waals surface area contributed by atoms with Crippen LogP contribution in [0.2, 0.25) is 0 Å². The molecule has 2 heterocycles. The van der Waals surface area contributed by atoms with Crippen LogP contribution in [0.4, 0.5) is 0 Å². The third kappa shape index (κ3) is 7.16. The fraction of sp³-hybridized carbons (Fsp3) is 0.667. The van der Waals surface area contributed by atoms with Gasteiger partial charge in [-0.25, -0.2) is 13.1 Å². The van der Waals surface area contributed by atoms with Crippen molar-refractivity contribution >= 4 is 21.9 Å². The maximum Gasteiger partial charge on any atom is 0.308 e. The van der Waals surface area contributed by atoms with E-state index in [4.69, 9.17) is 10.5 Å². The normalized spacial score (nSPS) is 22.1. The summed E-state index contributed by atoms with van der Waals surface area (Å²) in [5, 5.41) is 10.2. The molecule has 3 atom stereocenters. The number of aliphatic carboxylic acids is 1. The highest BCUT2D eigenvalue weighted by Crippen LogP contribution is 2.40. The van der Waals surface area contributed by atoms with Crippen molar-refractivity contribution in [1.82, 2.24) is 14.5 Å². The molecule has 2 aliphatic heterocycles. The molecule has 2 aliphatic rings. The Morgan fingerprint density at radius 1 is 1.31 bits per heavy atom. The minimum absolute atomic E-state index is 0.0710. The van der Waals surface area contributed by atoms with Gasteiger partial charge in [0.1, 0.15) is 5.75 Å². The number of unbranched alkanes of at least 4 members (excludes halogenated alkanes) is 1. The number of amides is 1. The van der Waals surface area contributed by atoms with Gasteiger partial charge in [-0.15, -0.1) is 0 Å². The highest BCUT2D eigenvalue weighted by molar-refractivity contribution is 7.88. The lowest BCUT2D eigenvalue weighted by atomic mass is 9.83. The van der Waals surface area contributed by atoms with E-state index in [-0.39, 0.29) is 31.3 Å². The Morgan fingerprint density at radius 2 is 2.09 bits per heavy atom. The van der Waals surface area contributed by atoms with Crippen molar-refractivity contribution in [3.05, 3.63) is 29.3 Å². The van der Waals surface area contributed by atoms with Gasteiger partial charge in [-0.2, -0.15) is 0 Å². The molecule has 35 heavy (non-hydrogen) atoms. The molecule has 11 heteroatoms. The van der Waals surface area contributed by atoms with Crippen LogP contribution < -0.4 is 15.2 Å². The quantitative estimate of drug-likeness (QED) is 0.351. The van der Waals surface area contributed by atoms with Gasteiger partial charge >= 0.3 is 5.97 Å². The molecule has 0 radical (unpaired) electrons.